The number of nitro groups is 1. The summed E-state index contributed by atoms with van der Waals surface area (Å²) >= 11 is 0. The van der Waals surface area contributed by atoms with Gasteiger partial charge in [0, 0.05) is 12.1 Å². The summed E-state index contributed by atoms with van der Waals surface area (Å²) in [4.78, 5) is 23.1. The quantitative estimate of drug-likeness (QED) is 0.432. The van der Waals surface area contributed by atoms with Crippen LogP contribution in [0.2, 0.25) is 0 Å². The highest BCUT2D eigenvalue weighted by Crippen LogP contribution is 2.29. The first-order chi connectivity index (χ1) is 14.5. The van der Waals surface area contributed by atoms with Gasteiger partial charge in [-0.1, -0.05) is 60.2 Å². The average molecular weight is 405 g/mol. The summed E-state index contributed by atoms with van der Waals surface area (Å²) in [6, 6.07) is 21.9. The fourth-order valence-corrected chi connectivity index (χ4v) is 3.13. The maximum absolute atomic E-state index is 12.6. The predicted octanol–water partition coefficient (Wildman–Crippen LogP) is 4.23. The van der Waals surface area contributed by atoms with Crippen molar-refractivity contribution in [3.63, 3.8) is 0 Å². The Balaban J connectivity index is 1.76. The third kappa shape index (κ3) is 5.21. The van der Waals surface area contributed by atoms with E-state index in [9.17, 15) is 14.9 Å². The number of hydrogen-bond donors (Lipinski definition) is 2. The molecule has 30 heavy (non-hydrogen) atoms. The molecular weight excluding hydrogens is 382 g/mol. The van der Waals surface area contributed by atoms with Crippen LogP contribution in [0.4, 0.5) is 11.4 Å². The Labute approximate surface area is 174 Å². The number of anilines is 1. The van der Waals surface area contributed by atoms with Crippen LogP contribution in [0.1, 0.15) is 22.7 Å². The molecule has 7 heteroatoms. The molecule has 1 atom stereocenters. The van der Waals surface area contributed by atoms with Crippen LogP contribution in [0.15, 0.2) is 72.8 Å². The monoisotopic (exact) mass is 405 g/mol. The van der Waals surface area contributed by atoms with Crippen molar-refractivity contribution in [2.24, 2.45) is 0 Å². The number of carbonyl (C=O) groups is 1. The molecule has 0 saturated carbocycles. The van der Waals surface area contributed by atoms with Crippen molar-refractivity contribution in [3.8, 4) is 5.75 Å². The highest BCUT2D eigenvalue weighted by molar-refractivity contribution is 5.94. The molecular formula is C23H23N3O4. The maximum Gasteiger partial charge on any atom is 0.271 e. The van der Waals surface area contributed by atoms with Crippen molar-refractivity contribution in [2.45, 2.75) is 13.0 Å². The molecule has 0 aliphatic heterocycles. The molecule has 0 unspecified atom stereocenters. The summed E-state index contributed by atoms with van der Waals surface area (Å²) in [6.07, 6.45) is 0. The lowest BCUT2D eigenvalue weighted by atomic mass is 9.98. The van der Waals surface area contributed by atoms with E-state index in [0.29, 0.717) is 5.75 Å². The van der Waals surface area contributed by atoms with Crippen LogP contribution in [-0.2, 0) is 4.79 Å². The number of ether oxygens (including phenoxy) is 1. The van der Waals surface area contributed by atoms with Crippen LogP contribution < -0.4 is 15.4 Å². The second kappa shape index (κ2) is 9.67. The smallest absolute Gasteiger partial charge is 0.271 e. The number of nitrogens with one attached hydrogen (secondary N) is 2. The number of nitro benzene ring substituents is 1. The topological polar surface area (TPSA) is 93.5 Å². The molecule has 0 fully saturated rings. The van der Waals surface area contributed by atoms with E-state index in [0.717, 1.165) is 16.7 Å². The van der Waals surface area contributed by atoms with Gasteiger partial charge in [0.1, 0.15) is 5.75 Å². The summed E-state index contributed by atoms with van der Waals surface area (Å²) in [5.74, 6) is 0.0222. The molecule has 1 amide bonds. The van der Waals surface area contributed by atoms with Crippen molar-refractivity contribution in [1.29, 1.82) is 0 Å². The Bertz CT molecular complexity index is 1020. The molecule has 154 valence electrons. The fraction of sp³-hybridized carbons (Fsp3) is 0.174. The van der Waals surface area contributed by atoms with E-state index in [-0.39, 0.29) is 29.9 Å². The molecule has 0 heterocycles. The zero-order valence-electron chi connectivity index (χ0n) is 16.8. The first-order valence-corrected chi connectivity index (χ1v) is 9.45. The zero-order valence-corrected chi connectivity index (χ0v) is 16.8. The van der Waals surface area contributed by atoms with E-state index in [2.05, 4.69) is 10.6 Å². The SMILES string of the molecule is COc1ccc([N+](=O)[O-])cc1NC(=O)CN[C@@H](c1ccccc1)c1ccc(C)cc1. The third-order valence-electron chi connectivity index (χ3n) is 4.68. The molecule has 0 spiro atoms. The van der Waals surface area contributed by atoms with E-state index in [1.54, 1.807) is 0 Å². The van der Waals surface area contributed by atoms with Crippen LogP contribution in [0.25, 0.3) is 0 Å². The lowest BCUT2D eigenvalue weighted by Gasteiger charge is -2.20. The van der Waals surface area contributed by atoms with Gasteiger partial charge < -0.3 is 10.1 Å². The molecule has 7 nitrogen and oxygen atoms in total. The van der Waals surface area contributed by atoms with E-state index in [1.165, 1.54) is 25.3 Å². The summed E-state index contributed by atoms with van der Waals surface area (Å²) in [5, 5.41) is 17.0. The molecule has 0 saturated heterocycles. The van der Waals surface area contributed by atoms with Crippen molar-refractivity contribution >= 4 is 17.3 Å². The second-order valence-electron chi connectivity index (χ2n) is 6.83. The average Bonchev–Trinajstić information content (AvgIpc) is 2.75. The van der Waals surface area contributed by atoms with Crippen LogP contribution in [-0.4, -0.2) is 24.5 Å². The highest BCUT2D eigenvalue weighted by Gasteiger charge is 2.17. The summed E-state index contributed by atoms with van der Waals surface area (Å²) in [5.41, 5.74) is 3.35. The minimum absolute atomic E-state index is 0.0132. The van der Waals surface area contributed by atoms with E-state index in [4.69, 9.17) is 4.74 Å². The highest BCUT2D eigenvalue weighted by atomic mass is 16.6. The number of nitrogens with zero attached hydrogens (tertiary/aromatic N) is 1. The molecule has 3 rings (SSSR count). The minimum atomic E-state index is -0.518. The van der Waals surface area contributed by atoms with Gasteiger partial charge in [-0.05, 0) is 24.1 Å². The van der Waals surface area contributed by atoms with Gasteiger partial charge in [0.15, 0.2) is 0 Å². The van der Waals surface area contributed by atoms with E-state index >= 15 is 0 Å². The number of carbonyl (C=O) groups excluding carboxylic acids is 1. The Morgan fingerprint density at radius 1 is 1.03 bits per heavy atom. The molecule has 0 aliphatic rings. The summed E-state index contributed by atoms with van der Waals surface area (Å²) < 4.78 is 5.20. The van der Waals surface area contributed by atoms with Crippen LogP contribution in [0.5, 0.6) is 5.75 Å². The molecule has 3 aromatic carbocycles. The summed E-state index contributed by atoms with van der Waals surface area (Å²) in [7, 11) is 1.44. The Hall–Kier alpha value is -3.71. The number of aryl methyl sites for hydroxylation is 1. The van der Waals surface area contributed by atoms with Gasteiger partial charge in [0.2, 0.25) is 5.91 Å². The number of non-ortho nitro benzene ring substituents is 1. The van der Waals surface area contributed by atoms with Crippen molar-refractivity contribution < 1.29 is 14.5 Å². The zero-order chi connectivity index (χ0) is 21.5. The standard InChI is InChI=1S/C23H23N3O4/c1-16-8-10-18(11-9-16)23(17-6-4-3-5-7-17)24-15-22(27)25-20-14-19(26(28)29)12-13-21(20)30-2/h3-14,23-24H,15H2,1-2H3,(H,25,27)/t23-/m0/s1. The van der Waals surface area contributed by atoms with Gasteiger partial charge in [-0.15, -0.1) is 0 Å². The van der Waals surface area contributed by atoms with Gasteiger partial charge >= 0.3 is 0 Å². The molecule has 0 aliphatic carbocycles. The van der Waals surface area contributed by atoms with Crippen LogP contribution in [0, 0.1) is 17.0 Å². The van der Waals surface area contributed by atoms with E-state index < -0.39 is 4.92 Å². The number of benzene rings is 3. The van der Waals surface area contributed by atoms with Gasteiger partial charge in [-0.2, -0.15) is 0 Å². The van der Waals surface area contributed by atoms with Gasteiger partial charge in [0.05, 0.1) is 30.3 Å². The lowest BCUT2D eigenvalue weighted by molar-refractivity contribution is -0.384. The number of amides is 1. The Morgan fingerprint density at radius 3 is 2.33 bits per heavy atom. The number of rotatable bonds is 8. The largest absolute Gasteiger partial charge is 0.495 e. The Morgan fingerprint density at radius 2 is 1.70 bits per heavy atom. The van der Waals surface area contributed by atoms with Gasteiger partial charge in [-0.3, -0.25) is 20.2 Å². The first-order valence-electron chi connectivity index (χ1n) is 9.45. The molecule has 0 radical (unpaired) electrons. The van der Waals surface area contributed by atoms with Gasteiger partial charge in [0.25, 0.3) is 5.69 Å². The van der Waals surface area contributed by atoms with E-state index in [1.807, 2.05) is 61.5 Å². The predicted molar refractivity (Wildman–Crippen MR) is 116 cm³/mol. The minimum Gasteiger partial charge on any atom is -0.495 e. The van der Waals surface area contributed by atoms with Crippen LogP contribution >= 0.6 is 0 Å². The lowest BCUT2D eigenvalue weighted by Crippen LogP contribution is -2.32. The van der Waals surface area contributed by atoms with Crippen molar-refractivity contribution in [1.82, 2.24) is 5.32 Å². The first kappa shape index (κ1) is 21.0. The van der Waals surface area contributed by atoms with Crippen molar-refractivity contribution in [2.75, 3.05) is 19.0 Å². The number of hydrogen-bond acceptors (Lipinski definition) is 5. The van der Waals surface area contributed by atoms with Gasteiger partial charge in [-0.25, -0.2) is 0 Å². The van der Waals surface area contributed by atoms with Crippen molar-refractivity contribution in [3.05, 3.63) is 99.6 Å². The molecule has 2 N–H and O–H groups in total. The second-order valence-corrected chi connectivity index (χ2v) is 6.83. The third-order valence-corrected chi connectivity index (χ3v) is 4.68. The number of methoxy groups -OCH3 is 1. The molecule has 0 bridgehead atoms. The molecule has 0 aromatic heterocycles. The molecule has 3 aromatic rings. The Kier molecular flexibility index (Phi) is 6.77. The summed E-state index contributed by atoms with van der Waals surface area (Å²) in [6.45, 7) is 2.04. The maximum atomic E-state index is 12.6. The van der Waals surface area contributed by atoms with Crippen LogP contribution in [0.3, 0.4) is 0 Å². The fourth-order valence-electron chi connectivity index (χ4n) is 3.13. The normalized spacial score (nSPS) is 11.5.